The van der Waals surface area contributed by atoms with Crippen LogP contribution in [0.25, 0.3) is 0 Å². The number of allylic oxidation sites excluding steroid dienone is 1. The molecular formula is C29H49NO6. The second kappa shape index (κ2) is 15.9. The average Bonchev–Trinajstić information content (AvgIpc) is 3.57. The lowest BCUT2D eigenvalue weighted by molar-refractivity contribution is -0.138. The molecule has 3 rings (SSSR count). The van der Waals surface area contributed by atoms with E-state index < -0.39 is 0 Å². The number of ether oxygens (including phenoxy) is 4. The Kier molecular flexibility index (Phi) is 14.1. The number of benzene rings is 1. The first-order valence-corrected chi connectivity index (χ1v) is 13.0. The second-order valence-corrected chi connectivity index (χ2v) is 9.93. The van der Waals surface area contributed by atoms with Gasteiger partial charge in [-0.15, -0.1) is 0 Å². The third-order valence-electron chi connectivity index (χ3n) is 7.02. The molecule has 0 amide bonds. The molecule has 1 aromatic carbocycles. The summed E-state index contributed by atoms with van der Waals surface area (Å²) in [6, 6.07) is 7.48. The van der Waals surface area contributed by atoms with Crippen LogP contribution in [0.3, 0.4) is 0 Å². The van der Waals surface area contributed by atoms with Gasteiger partial charge in [0.25, 0.3) is 0 Å². The van der Waals surface area contributed by atoms with E-state index in [1.165, 1.54) is 38.4 Å². The molecule has 0 bridgehead atoms. The van der Waals surface area contributed by atoms with Crippen molar-refractivity contribution in [3.63, 3.8) is 0 Å². The van der Waals surface area contributed by atoms with Gasteiger partial charge in [-0.3, -0.25) is 4.79 Å². The predicted octanol–water partition coefficient (Wildman–Crippen LogP) is 5.76. The van der Waals surface area contributed by atoms with Crippen molar-refractivity contribution in [1.29, 1.82) is 0 Å². The van der Waals surface area contributed by atoms with Crippen molar-refractivity contribution in [3.8, 4) is 5.75 Å². The van der Waals surface area contributed by atoms with Crippen molar-refractivity contribution in [2.45, 2.75) is 90.4 Å². The van der Waals surface area contributed by atoms with Crippen LogP contribution in [0.4, 0.5) is 5.69 Å². The third kappa shape index (κ3) is 9.75. The van der Waals surface area contributed by atoms with E-state index in [9.17, 15) is 4.79 Å². The Morgan fingerprint density at radius 3 is 2.39 bits per heavy atom. The van der Waals surface area contributed by atoms with Crippen molar-refractivity contribution in [2.75, 3.05) is 39.8 Å². The van der Waals surface area contributed by atoms with Gasteiger partial charge in [-0.25, -0.2) is 0 Å². The number of esters is 1. The molecule has 4 atom stereocenters. The maximum absolute atomic E-state index is 10.9. The van der Waals surface area contributed by atoms with Crippen LogP contribution in [0.5, 0.6) is 5.75 Å². The molecule has 1 aromatic rings. The van der Waals surface area contributed by atoms with Crippen LogP contribution in [0.2, 0.25) is 0 Å². The van der Waals surface area contributed by atoms with Crippen molar-refractivity contribution in [3.05, 3.63) is 35.9 Å². The topological polar surface area (TPSA) is 89.6 Å². The van der Waals surface area contributed by atoms with Gasteiger partial charge in [0.2, 0.25) is 0 Å². The quantitative estimate of drug-likeness (QED) is 0.236. The SMILES string of the molecule is CCCOc1ccc(NCC(=O)OC)cc1.CO.COC1(C)CCCCC1C1(C)OC1CC=C(C)C. The Morgan fingerprint density at radius 2 is 1.83 bits per heavy atom. The van der Waals surface area contributed by atoms with E-state index in [4.69, 9.17) is 19.3 Å². The summed E-state index contributed by atoms with van der Waals surface area (Å²) < 4.78 is 21.9. The summed E-state index contributed by atoms with van der Waals surface area (Å²) in [5, 5.41) is 9.95. The van der Waals surface area contributed by atoms with Crippen LogP contribution in [-0.2, 0) is 19.0 Å². The summed E-state index contributed by atoms with van der Waals surface area (Å²) in [5.74, 6) is 1.09. The van der Waals surface area contributed by atoms with Crippen molar-refractivity contribution >= 4 is 11.7 Å². The average molecular weight is 508 g/mol. The first kappa shape index (κ1) is 31.9. The van der Waals surface area contributed by atoms with E-state index in [1.807, 2.05) is 31.4 Å². The molecule has 2 aliphatic rings. The largest absolute Gasteiger partial charge is 0.494 e. The number of nitrogens with one attached hydrogen (secondary N) is 1. The van der Waals surface area contributed by atoms with Crippen molar-refractivity contribution in [2.24, 2.45) is 5.92 Å². The number of hydrogen-bond acceptors (Lipinski definition) is 7. The number of carbonyl (C=O) groups excluding carboxylic acids is 1. The molecule has 36 heavy (non-hydrogen) atoms. The Balaban J connectivity index is 0.000000339. The molecular weight excluding hydrogens is 458 g/mol. The smallest absolute Gasteiger partial charge is 0.325 e. The highest BCUT2D eigenvalue weighted by molar-refractivity contribution is 5.74. The fourth-order valence-corrected chi connectivity index (χ4v) is 4.78. The summed E-state index contributed by atoms with van der Waals surface area (Å²) in [6.45, 7) is 11.8. The van der Waals surface area contributed by atoms with Crippen LogP contribution < -0.4 is 10.1 Å². The second-order valence-electron chi connectivity index (χ2n) is 9.93. The van der Waals surface area contributed by atoms with E-state index in [0.717, 1.165) is 38.0 Å². The lowest BCUT2D eigenvalue weighted by Crippen LogP contribution is -2.47. The van der Waals surface area contributed by atoms with Gasteiger partial charge in [0, 0.05) is 25.8 Å². The maximum atomic E-state index is 10.9. The van der Waals surface area contributed by atoms with E-state index in [2.05, 4.69) is 50.7 Å². The van der Waals surface area contributed by atoms with Crippen LogP contribution in [0, 0.1) is 5.92 Å². The minimum Gasteiger partial charge on any atom is -0.494 e. The van der Waals surface area contributed by atoms with Crippen LogP contribution >= 0.6 is 0 Å². The number of aliphatic hydroxyl groups is 1. The van der Waals surface area contributed by atoms with Gasteiger partial charge >= 0.3 is 5.97 Å². The van der Waals surface area contributed by atoms with Crippen molar-refractivity contribution in [1.82, 2.24) is 0 Å². The lowest BCUT2D eigenvalue weighted by Gasteiger charge is -2.42. The van der Waals surface area contributed by atoms with Crippen LogP contribution in [0.15, 0.2) is 35.9 Å². The predicted molar refractivity (Wildman–Crippen MR) is 146 cm³/mol. The molecule has 1 aliphatic carbocycles. The Morgan fingerprint density at radius 1 is 1.17 bits per heavy atom. The molecule has 0 radical (unpaired) electrons. The highest BCUT2D eigenvalue weighted by Gasteiger charge is 2.61. The Labute approximate surface area is 218 Å². The molecule has 2 N–H and O–H groups in total. The van der Waals surface area contributed by atoms with E-state index in [-0.39, 0.29) is 23.7 Å². The van der Waals surface area contributed by atoms with Gasteiger partial charge < -0.3 is 29.4 Å². The van der Waals surface area contributed by atoms with Crippen LogP contribution in [0.1, 0.15) is 73.1 Å². The Bertz CT molecular complexity index is 791. The molecule has 206 valence electrons. The summed E-state index contributed by atoms with van der Waals surface area (Å²) in [6.07, 6.45) is 9.74. The highest BCUT2D eigenvalue weighted by Crippen LogP contribution is 2.54. The van der Waals surface area contributed by atoms with Crippen molar-refractivity contribution < 1.29 is 28.8 Å². The number of hydrogen-bond donors (Lipinski definition) is 2. The summed E-state index contributed by atoms with van der Waals surface area (Å²) >= 11 is 0. The summed E-state index contributed by atoms with van der Waals surface area (Å²) in [7, 11) is 4.22. The fraction of sp³-hybridized carbons (Fsp3) is 0.690. The van der Waals surface area contributed by atoms with Gasteiger partial charge in [-0.2, -0.15) is 0 Å². The van der Waals surface area contributed by atoms with Gasteiger partial charge in [-0.05, 0) is 77.6 Å². The zero-order valence-corrected chi connectivity index (χ0v) is 23.7. The van der Waals surface area contributed by atoms with Crippen LogP contribution in [-0.4, -0.2) is 62.9 Å². The standard InChI is InChI=1S/C16H28O2.C12H17NO3.CH4O/c1-12(2)9-10-14-16(4,18-14)13-8-6-7-11-15(13,3)17-5;1-3-8-16-11-6-4-10(5-7-11)13-9-12(14)15-2;1-2/h9,13-14H,6-8,10-11H2,1-5H3;4-7,13H,3,8-9H2,1-2H3;2H,1H3. The van der Waals surface area contributed by atoms with Gasteiger partial charge in [0.15, 0.2) is 0 Å². The molecule has 1 saturated carbocycles. The maximum Gasteiger partial charge on any atom is 0.325 e. The van der Waals surface area contributed by atoms with Gasteiger partial charge in [0.1, 0.15) is 12.3 Å². The molecule has 4 unspecified atom stereocenters. The molecule has 7 heteroatoms. The Hall–Kier alpha value is -2.09. The van der Waals surface area contributed by atoms with Gasteiger partial charge in [-0.1, -0.05) is 31.4 Å². The number of rotatable bonds is 10. The van der Waals surface area contributed by atoms with E-state index in [0.29, 0.717) is 12.0 Å². The zero-order valence-electron chi connectivity index (χ0n) is 23.7. The minimum atomic E-state index is -0.286. The van der Waals surface area contributed by atoms with E-state index in [1.54, 1.807) is 0 Å². The normalized spacial score (nSPS) is 26.2. The molecule has 1 heterocycles. The lowest BCUT2D eigenvalue weighted by atomic mass is 9.69. The summed E-state index contributed by atoms with van der Waals surface area (Å²) in [4.78, 5) is 10.9. The first-order valence-electron chi connectivity index (χ1n) is 13.0. The molecule has 7 nitrogen and oxygen atoms in total. The number of methoxy groups -OCH3 is 2. The highest BCUT2D eigenvalue weighted by atomic mass is 16.6. The molecule has 2 fully saturated rings. The minimum absolute atomic E-state index is 0.00667. The van der Waals surface area contributed by atoms with Gasteiger partial charge in [0.05, 0.1) is 31.0 Å². The fourth-order valence-electron chi connectivity index (χ4n) is 4.78. The van der Waals surface area contributed by atoms with E-state index >= 15 is 0 Å². The summed E-state index contributed by atoms with van der Waals surface area (Å²) in [5.41, 5.74) is 2.30. The molecule has 1 aliphatic heterocycles. The number of anilines is 1. The molecule has 0 aromatic heterocycles. The third-order valence-corrected chi connectivity index (χ3v) is 7.02. The number of aliphatic hydroxyl groups excluding tert-OH is 1. The number of carbonyl (C=O) groups is 1. The number of epoxide rings is 1. The molecule has 1 saturated heterocycles. The first-order chi connectivity index (χ1) is 17.2. The monoisotopic (exact) mass is 507 g/mol. The molecule has 0 spiro atoms. The zero-order chi connectivity index (χ0) is 27.2.